The summed E-state index contributed by atoms with van der Waals surface area (Å²) >= 11 is 2.19. The van der Waals surface area contributed by atoms with Crippen LogP contribution in [0.15, 0.2) is 48.5 Å². The first-order valence-corrected chi connectivity index (χ1v) is 7.06. The highest BCUT2D eigenvalue weighted by molar-refractivity contribution is 14.1. The van der Waals surface area contributed by atoms with Crippen molar-refractivity contribution in [1.82, 2.24) is 0 Å². The van der Waals surface area contributed by atoms with Crippen LogP contribution >= 0.6 is 22.6 Å². The van der Waals surface area contributed by atoms with E-state index in [1.165, 1.54) is 0 Å². The lowest BCUT2D eigenvalue weighted by molar-refractivity contribution is 0.102. The second kappa shape index (κ2) is 6.56. The molecule has 1 N–H and O–H groups in total. The third kappa shape index (κ3) is 3.96. The Morgan fingerprint density at radius 3 is 2.58 bits per heavy atom. The normalized spacial score (nSPS) is 10.0. The fourth-order valence-corrected chi connectivity index (χ4v) is 2.18. The van der Waals surface area contributed by atoms with Crippen molar-refractivity contribution in [2.75, 3.05) is 11.9 Å². The van der Waals surface area contributed by atoms with E-state index in [-0.39, 0.29) is 5.91 Å². The van der Waals surface area contributed by atoms with Crippen LogP contribution in [0.3, 0.4) is 0 Å². The van der Waals surface area contributed by atoms with Gasteiger partial charge in [-0.2, -0.15) is 0 Å². The lowest BCUT2D eigenvalue weighted by Crippen LogP contribution is -2.11. The van der Waals surface area contributed by atoms with E-state index in [0.29, 0.717) is 12.2 Å². The van der Waals surface area contributed by atoms with Crippen molar-refractivity contribution < 1.29 is 9.53 Å². The van der Waals surface area contributed by atoms with Crippen LogP contribution in [-0.4, -0.2) is 12.5 Å². The van der Waals surface area contributed by atoms with Crippen LogP contribution in [0.5, 0.6) is 5.75 Å². The molecule has 0 bridgehead atoms. The van der Waals surface area contributed by atoms with Crippen molar-refractivity contribution in [3.63, 3.8) is 0 Å². The van der Waals surface area contributed by atoms with Crippen molar-refractivity contribution in [1.29, 1.82) is 0 Å². The van der Waals surface area contributed by atoms with Gasteiger partial charge in [0.05, 0.1) is 6.61 Å². The standard InChI is InChI=1S/C15H14INO2/c1-2-19-14-8-6-13(7-9-14)17-15(18)11-4-3-5-12(16)10-11/h3-10H,2H2,1H3,(H,17,18). The molecule has 0 saturated heterocycles. The van der Waals surface area contributed by atoms with E-state index in [9.17, 15) is 4.79 Å². The van der Waals surface area contributed by atoms with Gasteiger partial charge >= 0.3 is 0 Å². The molecule has 19 heavy (non-hydrogen) atoms. The molecule has 2 aromatic carbocycles. The zero-order valence-electron chi connectivity index (χ0n) is 10.5. The summed E-state index contributed by atoms with van der Waals surface area (Å²) in [6.07, 6.45) is 0. The number of anilines is 1. The Morgan fingerprint density at radius 2 is 1.95 bits per heavy atom. The number of benzene rings is 2. The second-order valence-corrected chi connectivity index (χ2v) is 5.17. The molecule has 98 valence electrons. The minimum atomic E-state index is -0.109. The molecule has 0 radical (unpaired) electrons. The van der Waals surface area contributed by atoms with E-state index in [1.807, 2.05) is 49.4 Å². The van der Waals surface area contributed by atoms with Gasteiger partial charge in [-0.05, 0) is 72.0 Å². The topological polar surface area (TPSA) is 38.3 Å². The Balaban J connectivity index is 2.06. The maximum absolute atomic E-state index is 12.0. The van der Waals surface area contributed by atoms with Crippen molar-refractivity contribution >= 4 is 34.2 Å². The van der Waals surface area contributed by atoms with Gasteiger partial charge in [0.1, 0.15) is 5.75 Å². The zero-order chi connectivity index (χ0) is 13.7. The van der Waals surface area contributed by atoms with Gasteiger partial charge in [0.2, 0.25) is 0 Å². The molecular weight excluding hydrogens is 353 g/mol. The number of hydrogen-bond donors (Lipinski definition) is 1. The van der Waals surface area contributed by atoms with E-state index in [1.54, 1.807) is 6.07 Å². The number of amides is 1. The second-order valence-electron chi connectivity index (χ2n) is 3.92. The third-order valence-electron chi connectivity index (χ3n) is 2.51. The van der Waals surface area contributed by atoms with Crippen molar-refractivity contribution in [2.24, 2.45) is 0 Å². The van der Waals surface area contributed by atoms with Crippen LogP contribution in [0.2, 0.25) is 0 Å². The summed E-state index contributed by atoms with van der Waals surface area (Å²) in [5.41, 5.74) is 1.41. The SMILES string of the molecule is CCOc1ccc(NC(=O)c2cccc(I)c2)cc1. The molecule has 2 aromatic rings. The number of nitrogens with one attached hydrogen (secondary N) is 1. The highest BCUT2D eigenvalue weighted by Crippen LogP contribution is 2.17. The van der Waals surface area contributed by atoms with Gasteiger partial charge in [0, 0.05) is 14.8 Å². The monoisotopic (exact) mass is 367 g/mol. The van der Waals surface area contributed by atoms with Gasteiger partial charge in [-0.1, -0.05) is 6.07 Å². The Hall–Kier alpha value is -1.56. The van der Waals surface area contributed by atoms with Gasteiger partial charge in [0.25, 0.3) is 5.91 Å². The van der Waals surface area contributed by atoms with Crippen LogP contribution in [0.4, 0.5) is 5.69 Å². The first-order chi connectivity index (χ1) is 9.19. The van der Waals surface area contributed by atoms with E-state index < -0.39 is 0 Å². The summed E-state index contributed by atoms with van der Waals surface area (Å²) in [7, 11) is 0. The predicted octanol–water partition coefficient (Wildman–Crippen LogP) is 3.94. The fraction of sp³-hybridized carbons (Fsp3) is 0.133. The molecule has 0 heterocycles. The summed E-state index contributed by atoms with van der Waals surface area (Å²) in [6, 6.07) is 14.8. The molecule has 4 heteroatoms. The third-order valence-corrected chi connectivity index (χ3v) is 3.18. The fourth-order valence-electron chi connectivity index (χ4n) is 1.63. The van der Waals surface area contributed by atoms with Crippen LogP contribution in [0.25, 0.3) is 0 Å². The number of rotatable bonds is 4. The number of ether oxygens (including phenoxy) is 1. The average molecular weight is 367 g/mol. The summed E-state index contributed by atoms with van der Waals surface area (Å²) in [5.74, 6) is 0.692. The van der Waals surface area contributed by atoms with Crippen LogP contribution in [0.1, 0.15) is 17.3 Å². The molecular formula is C15H14INO2. The first kappa shape index (κ1) is 13.9. The Morgan fingerprint density at radius 1 is 1.21 bits per heavy atom. The number of carbonyl (C=O) groups is 1. The molecule has 0 aromatic heterocycles. The molecule has 0 atom stereocenters. The summed E-state index contributed by atoms with van der Waals surface area (Å²) in [6.45, 7) is 2.57. The molecule has 0 fully saturated rings. The first-order valence-electron chi connectivity index (χ1n) is 5.99. The smallest absolute Gasteiger partial charge is 0.255 e. The molecule has 0 aliphatic rings. The highest BCUT2D eigenvalue weighted by atomic mass is 127. The quantitative estimate of drug-likeness (QED) is 0.832. The lowest BCUT2D eigenvalue weighted by atomic mass is 10.2. The molecule has 1 amide bonds. The Bertz CT molecular complexity index is 567. The number of halogens is 1. The van der Waals surface area contributed by atoms with E-state index in [4.69, 9.17) is 4.74 Å². The van der Waals surface area contributed by atoms with Crippen molar-refractivity contribution in [3.8, 4) is 5.75 Å². The molecule has 0 spiro atoms. The largest absolute Gasteiger partial charge is 0.494 e. The molecule has 0 saturated carbocycles. The predicted molar refractivity (Wildman–Crippen MR) is 84.7 cm³/mol. The minimum absolute atomic E-state index is 0.109. The Labute approximate surface area is 126 Å². The van der Waals surface area contributed by atoms with Gasteiger partial charge in [-0.25, -0.2) is 0 Å². The van der Waals surface area contributed by atoms with Crippen LogP contribution in [0, 0.1) is 3.57 Å². The maximum Gasteiger partial charge on any atom is 0.255 e. The molecule has 0 aliphatic carbocycles. The van der Waals surface area contributed by atoms with Crippen molar-refractivity contribution in [3.05, 3.63) is 57.7 Å². The summed E-state index contributed by atoms with van der Waals surface area (Å²) in [5, 5.41) is 2.86. The molecule has 3 nitrogen and oxygen atoms in total. The number of carbonyl (C=O) groups excluding carboxylic acids is 1. The lowest BCUT2D eigenvalue weighted by Gasteiger charge is -2.07. The van der Waals surface area contributed by atoms with Crippen LogP contribution < -0.4 is 10.1 Å². The Kier molecular flexibility index (Phi) is 4.79. The van der Waals surface area contributed by atoms with Gasteiger partial charge in [0.15, 0.2) is 0 Å². The molecule has 2 rings (SSSR count). The van der Waals surface area contributed by atoms with Crippen LogP contribution in [-0.2, 0) is 0 Å². The zero-order valence-corrected chi connectivity index (χ0v) is 12.7. The van der Waals surface area contributed by atoms with Gasteiger partial charge < -0.3 is 10.1 Å². The van der Waals surface area contributed by atoms with E-state index >= 15 is 0 Å². The van der Waals surface area contributed by atoms with Gasteiger partial charge in [-0.15, -0.1) is 0 Å². The molecule has 0 aliphatic heterocycles. The van der Waals surface area contributed by atoms with E-state index in [0.717, 1.165) is 15.0 Å². The van der Waals surface area contributed by atoms with E-state index in [2.05, 4.69) is 27.9 Å². The van der Waals surface area contributed by atoms with Crippen molar-refractivity contribution in [2.45, 2.75) is 6.92 Å². The maximum atomic E-state index is 12.0. The average Bonchev–Trinajstić information content (AvgIpc) is 2.41. The minimum Gasteiger partial charge on any atom is -0.494 e. The summed E-state index contributed by atoms with van der Waals surface area (Å²) < 4.78 is 6.39. The number of hydrogen-bond acceptors (Lipinski definition) is 2. The summed E-state index contributed by atoms with van der Waals surface area (Å²) in [4.78, 5) is 12.0. The molecule has 0 unspecified atom stereocenters. The highest BCUT2D eigenvalue weighted by Gasteiger charge is 2.06. The van der Waals surface area contributed by atoms with Gasteiger partial charge in [-0.3, -0.25) is 4.79 Å².